The number of benzene rings is 1. The fraction of sp³-hybridized carbons (Fsp3) is 0.240. The number of carboxylic acids is 1. The van der Waals surface area contributed by atoms with E-state index in [0.717, 1.165) is 40.7 Å². The SMILES string of the molecule is O=C(O)C(F)(F)F.O=S(=O)(c1ccc(-c2ccnc3[nH]c(COc4cncc(Cl)c4)cc23)cc1)N1CCCC1. The highest BCUT2D eigenvalue weighted by Crippen LogP contribution is 2.30. The Bertz CT molecular complexity index is 1570. The van der Waals surface area contributed by atoms with Gasteiger partial charge in [-0.25, -0.2) is 18.2 Å². The molecule has 0 aliphatic carbocycles. The monoisotopic (exact) mass is 582 g/mol. The molecule has 1 saturated heterocycles. The van der Waals surface area contributed by atoms with Crippen molar-refractivity contribution in [3.8, 4) is 16.9 Å². The molecule has 1 aliphatic rings. The maximum absolute atomic E-state index is 12.8. The number of carboxylic acid groups (broad SMARTS) is 1. The molecule has 0 unspecified atom stereocenters. The molecular formula is C25H22ClF3N4O5S. The number of fused-ring (bicyclic) bond motifs is 1. The smallest absolute Gasteiger partial charge is 0.486 e. The molecule has 0 spiro atoms. The molecule has 4 aromatic rings. The number of aliphatic carboxylic acids is 1. The van der Waals surface area contributed by atoms with Crippen molar-refractivity contribution in [2.45, 2.75) is 30.5 Å². The highest BCUT2D eigenvalue weighted by atomic mass is 35.5. The Labute approximate surface area is 226 Å². The van der Waals surface area contributed by atoms with Gasteiger partial charge in [0.1, 0.15) is 18.0 Å². The molecule has 3 aromatic heterocycles. The number of nitrogens with one attached hydrogen (secondary N) is 1. The van der Waals surface area contributed by atoms with Crippen LogP contribution >= 0.6 is 11.6 Å². The third-order valence-electron chi connectivity index (χ3n) is 5.77. The lowest BCUT2D eigenvalue weighted by Gasteiger charge is -2.15. The number of halogens is 4. The minimum absolute atomic E-state index is 0.310. The van der Waals surface area contributed by atoms with Gasteiger partial charge in [0.05, 0.1) is 21.8 Å². The van der Waals surface area contributed by atoms with E-state index in [1.807, 2.05) is 24.3 Å². The summed E-state index contributed by atoms with van der Waals surface area (Å²) in [4.78, 5) is 20.9. The largest absolute Gasteiger partial charge is 0.490 e. The average Bonchev–Trinajstić information content (AvgIpc) is 3.58. The summed E-state index contributed by atoms with van der Waals surface area (Å²) in [6.07, 6.45) is 1.64. The maximum atomic E-state index is 12.8. The highest BCUT2D eigenvalue weighted by Gasteiger charge is 2.38. The summed E-state index contributed by atoms with van der Waals surface area (Å²) in [5.41, 5.74) is 3.47. The molecule has 14 heteroatoms. The van der Waals surface area contributed by atoms with Crippen LogP contribution in [0.25, 0.3) is 22.2 Å². The van der Waals surface area contributed by atoms with Crippen LogP contribution in [0.5, 0.6) is 5.75 Å². The molecule has 0 bridgehead atoms. The average molecular weight is 583 g/mol. The van der Waals surface area contributed by atoms with Crippen molar-refractivity contribution in [2.24, 2.45) is 0 Å². The number of sulfonamides is 1. The predicted octanol–water partition coefficient (Wildman–Crippen LogP) is 5.28. The lowest BCUT2D eigenvalue weighted by Crippen LogP contribution is -2.27. The fourth-order valence-corrected chi connectivity index (χ4v) is 5.61. The number of ether oxygens (including phenoxy) is 1. The molecule has 0 atom stereocenters. The van der Waals surface area contributed by atoms with E-state index in [4.69, 9.17) is 26.2 Å². The molecule has 0 radical (unpaired) electrons. The lowest BCUT2D eigenvalue weighted by molar-refractivity contribution is -0.192. The summed E-state index contributed by atoms with van der Waals surface area (Å²) in [7, 11) is -3.43. The van der Waals surface area contributed by atoms with E-state index >= 15 is 0 Å². The molecule has 1 fully saturated rings. The summed E-state index contributed by atoms with van der Waals surface area (Å²) in [6.45, 7) is 1.49. The summed E-state index contributed by atoms with van der Waals surface area (Å²) < 4.78 is 64.6. The van der Waals surface area contributed by atoms with Crippen LogP contribution < -0.4 is 4.74 Å². The van der Waals surface area contributed by atoms with Crippen molar-refractivity contribution in [3.05, 3.63) is 71.8 Å². The third kappa shape index (κ3) is 6.85. The molecule has 2 N–H and O–H groups in total. The van der Waals surface area contributed by atoms with Crippen LogP contribution in [0, 0.1) is 0 Å². The number of hydrogen-bond acceptors (Lipinski definition) is 6. The van der Waals surface area contributed by atoms with Gasteiger partial charge in [0.25, 0.3) is 0 Å². The first-order valence-corrected chi connectivity index (χ1v) is 13.4. The molecule has 1 aliphatic heterocycles. The number of rotatable bonds is 6. The zero-order valence-electron chi connectivity index (χ0n) is 20.2. The molecule has 0 saturated carbocycles. The van der Waals surface area contributed by atoms with E-state index in [1.165, 1.54) is 0 Å². The second kappa shape index (κ2) is 11.6. The van der Waals surface area contributed by atoms with Crippen molar-refractivity contribution in [3.63, 3.8) is 0 Å². The lowest BCUT2D eigenvalue weighted by atomic mass is 10.0. The first kappa shape index (κ1) is 28.3. The number of alkyl halides is 3. The molecule has 9 nitrogen and oxygen atoms in total. The quantitative estimate of drug-likeness (QED) is 0.317. The fourth-order valence-electron chi connectivity index (χ4n) is 3.93. The maximum Gasteiger partial charge on any atom is 0.490 e. The van der Waals surface area contributed by atoms with Gasteiger partial charge in [0, 0.05) is 36.9 Å². The zero-order valence-corrected chi connectivity index (χ0v) is 21.7. The zero-order chi connectivity index (χ0) is 28.2. The van der Waals surface area contributed by atoms with Crippen molar-refractivity contribution in [1.82, 2.24) is 19.3 Å². The Balaban J connectivity index is 0.000000448. The Morgan fingerprint density at radius 2 is 1.77 bits per heavy atom. The van der Waals surface area contributed by atoms with E-state index in [1.54, 1.807) is 41.1 Å². The van der Waals surface area contributed by atoms with Crippen molar-refractivity contribution in [1.29, 1.82) is 0 Å². The van der Waals surface area contributed by atoms with Crippen molar-refractivity contribution >= 4 is 38.6 Å². The number of carbonyl (C=O) groups is 1. The van der Waals surface area contributed by atoms with Gasteiger partial charge in [-0.15, -0.1) is 0 Å². The first-order valence-electron chi connectivity index (χ1n) is 11.6. The van der Waals surface area contributed by atoms with E-state index in [0.29, 0.717) is 35.4 Å². The van der Waals surface area contributed by atoms with Gasteiger partial charge >= 0.3 is 12.1 Å². The molecule has 4 heterocycles. The predicted molar refractivity (Wildman–Crippen MR) is 137 cm³/mol. The van der Waals surface area contributed by atoms with Crippen LogP contribution in [0.2, 0.25) is 5.02 Å². The molecule has 5 rings (SSSR count). The molecule has 0 amide bonds. The van der Waals surface area contributed by atoms with Gasteiger partial charge in [0.15, 0.2) is 0 Å². The van der Waals surface area contributed by atoms with Gasteiger partial charge in [0.2, 0.25) is 10.0 Å². The van der Waals surface area contributed by atoms with Gasteiger partial charge in [-0.1, -0.05) is 23.7 Å². The van der Waals surface area contributed by atoms with Crippen LogP contribution in [-0.4, -0.2) is 58.0 Å². The van der Waals surface area contributed by atoms with Gasteiger partial charge in [-0.3, -0.25) is 4.98 Å². The van der Waals surface area contributed by atoms with Crippen LogP contribution in [0.15, 0.2) is 66.0 Å². The van der Waals surface area contributed by atoms with E-state index in [-0.39, 0.29) is 0 Å². The number of H-pyrrole nitrogens is 1. The van der Waals surface area contributed by atoms with Gasteiger partial charge in [-0.2, -0.15) is 17.5 Å². The number of nitrogens with zero attached hydrogens (tertiary/aromatic N) is 3. The van der Waals surface area contributed by atoms with Crippen LogP contribution in [0.4, 0.5) is 13.2 Å². The Morgan fingerprint density at radius 1 is 1.10 bits per heavy atom. The number of hydrogen-bond donors (Lipinski definition) is 2. The number of pyridine rings is 2. The second-order valence-electron chi connectivity index (χ2n) is 8.48. The van der Waals surface area contributed by atoms with E-state index < -0.39 is 22.2 Å². The Hall–Kier alpha value is -3.68. The van der Waals surface area contributed by atoms with Crippen LogP contribution in [-0.2, 0) is 21.4 Å². The molecular weight excluding hydrogens is 561 g/mol. The second-order valence-corrected chi connectivity index (χ2v) is 10.9. The van der Waals surface area contributed by atoms with E-state index in [9.17, 15) is 21.6 Å². The number of aromatic nitrogens is 3. The summed E-state index contributed by atoms with van der Waals surface area (Å²) in [5, 5.41) is 8.57. The van der Waals surface area contributed by atoms with Crippen molar-refractivity contribution in [2.75, 3.05) is 13.1 Å². The Morgan fingerprint density at radius 3 is 2.38 bits per heavy atom. The standard InChI is InChI=1S/C23H21ClN4O3S.C2HF3O2/c24-17-11-19(14-25-13-17)31-15-18-12-22-21(7-8-26-23(22)27-18)16-3-5-20(6-4-16)32(29,30)28-9-1-2-10-28;3-2(4,5)1(6)7/h3-8,11-14H,1-2,9-10,15H2,(H,26,27);(H,6,7). The van der Waals surface area contributed by atoms with Crippen LogP contribution in [0.3, 0.4) is 0 Å². The van der Waals surface area contributed by atoms with Gasteiger partial charge < -0.3 is 14.8 Å². The minimum Gasteiger partial charge on any atom is -0.486 e. The highest BCUT2D eigenvalue weighted by molar-refractivity contribution is 7.89. The molecule has 39 heavy (non-hydrogen) atoms. The van der Waals surface area contributed by atoms with Crippen LogP contribution in [0.1, 0.15) is 18.5 Å². The minimum atomic E-state index is -5.08. The first-order chi connectivity index (χ1) is 18.4. The molecule has 1 aromatic carbocycles. The summed E-state index contributed by atoms with van der Waals surface area (Å²) in [6, 6.07) is 12.7. The van der Waals surface area contributed by atoms with Crippen molar-refractivity contribution < 1.29 is 36.2 Å². The van der Waals surface area contributed by atoms with Gasteiger partial charge in [-0.05, 0) is 48.2 Å². The summed E-state index contributed by atoms with van der Waals surface area (Å²) in [5.74, 6) is -2.17. The topological polar surface area (TPSA) is 125 Å². The normalized spacial score (nSPS) is 14.2. The van der Waals surface area contributed by atoms with E-state index in [2.05, 4.69) is 15.0 Å². The summed E-state index contributed by atoms with van der Waals surface area (Å²) >= 11 is 5.95. The Kier molecular flexibility index (Phi) is 8.42. The number of aromatic amines is 1. The molecule has 206 valence electrons. The third-order valence-corrected chi connectivity index (χ3v) is 7.89.